The van der Waals surface area contributed by atoms with Crippen LogP contribution in [0.4, 0.5) is 0 Å². The molecule has 0 bridgehead atoms. The van der Waals surface area contributed by atoms with Crippen LogP contribution in [0.1, 0.15) is 29.3 Å². The van der Waals surface area contributed by atoms with E-state index in [1.165, 1.54) is 11.1 Å². The molecular weight excluding hydrogens is 294 g/mol. The number of carbonyl (C=O) groups excluding carboxylic acids is 1. The van der Waals surface area contributed by atoms with E-state index in [2.05, 4.69) is 29.2 Å². The molecule has 2 heterocycles. The highest BCUT2D eigenvalue weighted by Crippen LogP contribution is 2.35. The summed E-state index contributed by atoms with van der Waals surface area (Å²) in [5, 5.41) is 2.00. The Balaban J connectivity index is 1.52. The summed E-state index contributed by atoms with van der Waals surface area (Å²) in [6.45, 7) is 0. The second-order valence-electron chi connectivity index (χ2n) is 5.76. The Labute approximate surface area is 133 Å². The summed E-state index contributed by atoms with van der Waals surface area (Å²) in [6, 6.07) is 8.63. The Bertz CT molecular complexity index is 807. The Morgan fingerprint density at radius 1 is 1.45 bits per heavy atom. The molecule has 4 rings (SSSR count). The van der Waals surface area contributed by atoms with Crippen LogP contribution in [0.25, 0.3) is 4.96 Å². The van der Waals surface area contributed by atoms with Crippen molar-refractivity contribution in [3.8, 4) is 0 Å². The van der Waals surface area contributed by atoms with E-state index in [-0.39, 0.29) is 11.9 Å². The van der Waals surface area contributed by atoms with Gasteiger partial charge in [0.05, 0.1) is 18.2 Å². The molecule has 0 saturated heterocycles. The number of fused-ring (bicyclic) bond motifs is 2. The van der Waals surface area contributed by atoms with E-state index >= 15 is 0 Å². The van der Waals surface area contributed by atoms with Crippen molar-refractivity contribution in [2.75, 3.05) is 7.05 Å². The van der Waals surface area contributed by atoms with Crippen LogP contribution in [0, 0.1) is 0 Å². The largest absolute Gasteiger partial charge is 0.338 e. The molecule has 1 aliphatic carbocycles. The van der Waals surface area contributed by atoms with Crippen LogP contribution < -0.4 is 0 Å². The number of aryl methyl sites for hydroxylation is 1. The molecule has 0 radical (unpaired) electrons. The van der Waals surface area contributed by atoms with Gasteiger partial charge in [0.15, 0.2) is 4.96 Å². The lowest BCUT2D eigenvalue weighted by molar-refractivity contribution is -0.131. The minimum Gasteiger partial charge on any atom is -0.338 e. The van der Waals surface area contributed by atoms with E-state index in [0.717, 1.165) is 23.5 Å². The highest BCUT2D eigenvalue weighted by Gasteiger charge is 2.28. The van der Waals surface area contributed by atoms with Gasteiger partial charge in [0.25, 0.3) is 0 Å². The Morgan fingerprint density at radius 2 is 2.32 bits per heavy atom. The smallest absolute Gasteiger partial charge is 0.228 e. The number of carbonyl (C=O) groups is 1. The topological polar surface area (TPSA) is 37.6 Å². The summed E-state index contributed by atoms with van der Waals surface area (Å²) in [5.41, 5.74) is 3.51. The number of amides is 1. The summed E-state index contributed by atoms with van der Waals surface area (Å²) in [6.07, 6.45) is 6.35. The van der Waals surface area contributed by atoms with E-state index in [4.69, 9.17) is 0 Å². The Kier molecular flexibility index (Phi) is 3.22. The fourth-order valence-electron chi connectivity index (χ4n) is 3.25. The van der Waals surface area contributed by atoms with Crippen molar-refractivity contribution in [1.82, 2.24) is 14.3 Å². The molecule has 3 aromatic rings. The second-order valence-corrected chi connectivity index (χ2v) is 6.63. The van der Waals surface area contributed by atoms with E-state index in [9.17, 15) is 4.79 Å². The van der Waals surface area contributed by atoms with Crippen LogP contribution >= 0.6 is 11.3 Å². The van der Waals surface area contributed by atoms with Crippen molar-refractivity contribution in [3.63, 3.8) is 0 Å². The van der Waals surface area contributed by atoms with Gasteiger partial charge in [-0.1, -0.05) is 24.3 Å². The molecule has 0 N–H and O–H groups in total. The average molecular weight is 311 g/mol. The molecule has 1 aliphatic rings. The number of benzene rings is 1. The number of rotatable bonds is 3. The number of likely N-dealkylation sites (N-methyl/N-ethyl adjacent to an activating group) is 1. The lowest BCUT2D eigenvalue weighted by Gasteiger charge is -2.25. The van der Waals surface area contributed by atoms with Crippen LogP contribution in [0.2, 0.25) is 0 Å². The molecule has 0 spiro atoms. The van der Waals surface area contributed by atoms with Crippen LogP contribution in [0.5, 0.6) is 0 Å². The minimum atomic E-state index is 0.132. The summed E-state index contributed by atoms with van der Waals surface area (Å²) in [7, 11) is 1.91. The zero-order valence-corrected chi connectivity index (χ0v) is 13.2. The number of nitrogens with zero attached hydrogens (tertiary/aromatic N) is 3. The van der Waals surface area contributed by atoms with E-state index < -0.39 is 0 Å². The van der Waals surface area contributed by atoms with Gasteiger partial charge < -0.3 is 4.90 Å². The fourth-order valence-corrected chi connectivity index (χ4v) is 3.97. The third-order valence-electron chi connectivity index (χ3n) is 4.44. The molecule has 1 aromatic carbocycles. The first-order valence-electron chi connectivity index (χ1n) is 7.47. The maximum Gasteiger partial charge on any atom is 0.228 e. The summed E-state index contributed by atoms with van der Waals surface area (Å²) >= 11 is 1.59. The zero-order chi connectivity index (χ0) is 15.1. The molecule has 0 fully saturated rings. The molecule has 0 unspecified atom stereocenters. The van der Waals surface area contributed by atoms with Crippen molar-refractivity contribution in [2.45, 2.75) is 25.3 Å². The standard InChI is InChI=1S/C17H17N3OS/c1-19(15-7-6-12-4-2-3-5-14(12)15)16(21)10-13-11-20-8-9-22-17(20)18-13/h2-5,8-9,11,15H,6-7,10H2,1H3/t15-/m1/s1. The first kappa shape index (κ1) is 13.5. The van der Waals surface area contributed by atoms with Crippen molar-refractivity contribution in [1.29, 1.82) is 0 Å². The molecule has 5 heteroatoms. The SMILES string of the molecule is CN(C(=O)Cc1cn2ccsc2n1)[C@@H]1CCc2ccccc21. The highest BCUT2D eigenvalue weighted by molar-refractivity contribution is 7.15. The fraction of sp³-hybridized carbons (Fsp3) is 0.294. The van der Waals surface area contributed by atoms with Crippen molar-refractivity contribution in [3.05, 3.63) is 58.9 Å². The minimum absolute atomic E-state index is 0.132. The van der Waals surface area contributed by atoms with Crippen LogP contribution in [0.15, 0.2) is 42.0 Å². The van der Waals surface area contributed by atoms with Crippen molar-refractivity contribution in [2.24, 2.45) is 0 Å². The van der Waals surface area contributed by atoms with E-state index in [1.807, 2.05) is 34.1 Å². The lowest BCUT2D eigenvalue weighted by Crippen LogP contribution is -2.31. The molecule has 1 amide bonds. The molecule has 2 aromatic heterocycles. The number of imidazole rings is 1. The molecule has 112 valence electrons. The van der Waals surface area contributed by atoms with E-state index in [0.29, 0.717) is 6.42 Å². The molecule has 0 saturated carbocycles. The van der Waals surface area contributed by atoms with Crippen LogP contribution in [-0.4, -0.2) is 27.2 Å². The predicted octanol–water partition coefficient (Wildman–Crippen LogP) is 3.08. The van der Waals surface area contributed by atoms with Gasteiger partial charge in [-0.2, -0.15) is 0 Å². The normalized spacial score (nSPS) is 16.9. The summed E-state index contributed by atoms with van der Waals surface area (Å²) in [4.78, 5) is 19.9. The third-order valence-corrected chi connectivity index (χ3v) is 5.21. The van der Waals surface area contributed by atoms with Crippen LogP contribution in [-0.2, 0) is 17.6 Å². The van der Waals surface area contributed by atoms with Gasteiger partial charge in [-0.3, -0.25) is 9.20 Å². The molecule has 22 heavy (non-hydrogen) atoms. The van der Waals surface area contributed by atoms with Gasteiger partial charge in [-0.25, -0.2) is 4.98 Å². The predicted molar refractivity (Wildman–Crippen MR) is 87.0 cm³/mol. The number of thiazole rings is 1. The highest BCUT2D eigenvalue weighted by atomic mass is 32.1. The molecule has 0 aliphatic heterocycles. The number of hydrogen-bond acceptors (Lipinski definition) is 3. The van der Waals surface area contributed by atoms with Crippen molar-refractivity contribution >= 4 is 22.2 Å². The average Bonchev–Trinajstić information content (AvgIpc) is 3.19. The van der Waals surface area contributed by atoms with Gasteiger partial charge >= 0.3 is 0 Å². The monoisotopic (exact) mass is 311 g/mol. The zero-order valence-electron chi connectivity index (χ0n) is 12.4. The second kappa shape index (κ2) is 5.25. The molecule has 1 atom stereocenters. The molecule has 4 nitrogen and oxygen atoms in total. The number of aromatic nitrogens is 2. The first-order chi connectivity index (χ1) is 10.7. The summed E-state index contributed by atoms with van der Waals surface area (Å²) in [5.74, 6) is 0.132. The maximum absolute atomic E-state index is 12.6. The Hall–Kier alpha value is -2.14. The Morgan fingerprint density at radius 3 is 3.18 bits per heavy atom. The van der Waals surface area contributed by atoms with Gasteiger partial charge in [-0.05, 0) is 24.0 Å². The first-order valence-corrected chi connectivity index (χ1v) is 8.35. The third kappa shape index (κ3) is 2.22. The summed E-state index contributed by atoms with van der Waals surface area (Å²) < 4.78 is 1.97. The quantitative estimate of drug-likeness (QED) is 0.745. The van der Waals surface area contributed by atoms with Gasteiger partial charge in [-0.15, -0.1) is 11.3 Å². The lowest BCUT2D eigenvalue weighted by atomic mass is 10.1. The van der Waals surface area contributed by atoms with Crippen molar-refractivity contribution < 1.29 is 4.79 Å². The van der Waals surface area contributed by atoms with Crippen LogP contribution in [0.3, 0.4) is 0 Å². The maximum atomic E-state index is 12.6. The number of hydrogen-bond donors (Lipinski definition) is 0. The van der Waals surface area contributed by atoms with E-state index in [1.54, 1.807) is 11.3 Å². The van der Waals surface area contributed by atoms with Gasteiger partial charge in [0, 0.05) is 24.8 Å². The molecular formula is C17H17N3OS. The van der Waals surface area contributed by atoms with Gasteiger partial charge in [0.2, 0.25) is 5.91 Å². The van der Waals surface area contributed by atoms with Gasteiger partial charge in [0.1, 0.15) is 0 Å².